The van der Waals surface area contributed by atoms with Gasteiger partial charge in [0.1, 0.15) is 0 Å². The first-order valence-corrected chi connectivity index (χ1v) is 6.58. The van der Waals surface area contributed by atoms with Crippen LogP contribution in [0.25, 0.3) is 0 Å². The highest BCUT2D eigenvalue weighted by Gasteiger charge is 2.12. The van der Waals surface area contributed by atoms with Gasteiger partial charge in [0.05, 0.1) is 5.84 Å². The Kier molecular flexibility index (Phi) is 3.78. The molecule has 2 heterocycles. The van der Waals surface area contributed by atoms with Crippen molar-refractivity contribution in [3.05, 3.63) is 22.4 Å². The van der Waals surface area contributed by atoms with Gasteiger partial charge in [-0.15, -0.1) is 11.3 Å². The van der Waals surface area contributed by atoms with Crippen LogP contribution >= 0.6 is 11.3 Å². The molecule has 0 radical (unpaired) electrons. The third kappa shape index (κ3) is 3.06. The monoisotopic (exact) mass is 222 g/mol. The molecule has 3 heteroatoms. The molecule has 1 atom stereocenters. The molecule has 0 bridgehead atoms. The molecule has 0 aliphatic carbocycles. The zero-order chi connectivity index (χ0) is 10.5. The minimum Gasteiger partial charge on any atom is -0.371 e. The number of thiophene rings is 1. The highest BCUT2D eigenvalue weighted by Crippen LogP contribution is 2.13. The standard InChI is InChI=1S/C12H18N2S/c1-2-10(9-11-5-4-8-15-11)14-12-6-3-7-13-12/h4-5,8,10H,2-3,6-7,9H2,1H3,(H,13,14). The van der Waals surface area contributed by atoms with Gasteiger partial charge in [-0.25, -0.2) is 0 Å². The number of hydrogen-bond acceptors (Lipinski definition) is 3. The summed E-state index contributed by atoms with van der Waals surface area (Å²) in [6.45, 7) is 3.25. The Balaban J connectivity index is 1.87. The number of nitrogens with one attached hydrogen (secondary N) is 1. The minimum atomic E-state index is 0.556. The van der Waals surface area contributed by atoms with E-state index in [1.165, 1.54) is 17.1 Å². The fraction of sp³-hybridized carbons (Fsp3) is 0.583. The van der Waals surface area contributed by atoms with Crippen molar-refractivity contribution in [2.45, 2.75) is 38.6 Å². The second-order valence-electron chi connectivity index (χ2n) is 3.96. The van der Waals surface area contributed by atoms with E-state index in [0.29, 0.717) is 6.04 Å². The van der Waals surface area contributed by atoms with E-state index in [1.807, 2.05) is 11.3 Å². The third-order valence-corrected chi connectivity index (χ3v) is 3.66. The molecule has 15 heavy (non-hydrogen) atoms. The highest BCUT2D eigenvalue weighted by molar-refractivity contribution is 7.09. The molecule has 1 aromatic rings. The number of hydrogen-bond donors (Lipinski definition) is 1. The summed E-state index contributed by atoms with van der Waals surface area (Å²) in [6, 6.07) is 4.89. The Labute approximate surface area is 95.4 Å². The Hall–Kier alpha value is -0.830. The summed E-state index contributed by atoms with van der Waals surface area (Å²) >= 11 is 1.84. The van der Waals surface area contributed by atoms with Crippen LogP contribution in [0.5, 0.6) is 0 Å². The van der Waals surface area contributed by atoms with E-state index in [9.17, 15) is 0 Å². The van der Waals surface area contributed by atoms with Gasteiger partial charge in [-0.1, -0.05) is 13.0 Å². The van der Waals surface area contributed by atoms with Gasteiger partial charge in [0.2, 0.25) is 0 Å². The smallest absolute Gasteiger partial charge is 0.0965 e. The van der Waals surface area contributed by atoms with Crippen LogP contribution in [-0.2, 0) is 6.42 Å². The molecule has 1 N–H and O–H groups in total. The SMILES string of the molecule is CCC(Cc1cccs1)NC1=NCCC1. The Bertz CT molecular complexity index is 316. The van der Waals surface area contributed by atoms with E-state index < -0.39 is 0 Å². The van der Waals surface area contributed by atoms with Crippen LogP contribution in [0.2, 0.25) is 0 Å². The summed E-state index contributed by atoms with van der Waals surface area (Å²) in [5, 5.41) is 5.71. The van der Waals surface area contributed by atoms with E-state index in [4.69, 9.17) is 0 Å². The second-order valence-corrected chi connectivity index (χ2v) is 5.00. The molecule has 0 fully saturated rings. The van der Waals surface area contributed by atoms with E-state index in [-0.39, 0.29) is 0 Å². The lowest BCUT2D eigenvalue weighted by molar-refractivity contribution is 0.585. The predicted octanol–water partition coefficient (Wildman–Crippen LogP) is 2.85. The molecule has 82 valence electrons. The van der Waals surface area contributed by atoms with Crippen LogP contribution in [0.1, 0.15) is 31.1 Å². The highest BCUT2D eigenvalue weighted by atomic mass is 32.1. The van der Waals surface area contributed by atoms with Gasteiger partial charge in [-0.05, 0) is 24.3 Å². The first-order chi connectivity index (χ1) is 7.38. The second kappa shape index (κ2) is 5.31. The Morgan fingerprint density at radius 1 is 1.60 bits per heavy atom. The molecular weight excluding hydrogens is 204 g/mol. The van der Waals surface area contributed by atoms with E-state index in [1.54, 1.807) is 0 Å². The molecule has 0 amide bonds. The lowest BCUT2D eigenvalue weighted by Crippen LogP contribution is -2.34. The van der Waals surface area contributed by atoms with Crippen molar-refractivity contribution < 1.29 is 0 Å². The van der Waals surface area contributed by atoms with E-state index >= 15 is 0 Å². The average molecular weight is 222 g/mol. The van der Waals surface area contributed by atoms with Gasteiger partial charge in [0.25, 0.3) is 0 Å². The molecule has 0 spiro atoms. The Morgan fingerprint density at radius 2 is 2.53 bits per heavy atom. The van der Waals surface area contributed by atoms with Crippen molar-refractivity contribution >= 4 is 17.2 Å². The summed E-state index contributed by atoms with van der Waals surface area (Å²) in [4.78, 5) is 5.93. The zero-order valence-electron chi connectivity index (χ0n) is 9.20. The first kappa shape index (κ1) is 10.7. The summed E-state index contributed by atoms with van der Waals surface area (Å²) in [5.74, 6) is 1.22. The predicted molar refractivity (Wildman–Crippen MR) is 66.8 cm³/mol. The van der Waals surface area contributed by atoms with Crippen molar-refractivity contribution in [2.24, 2.45) is 4.99 Å². The van der Waals surface area contributed by atoms with Gasteiger partial charge < -0.3 is 5.32 Å². The van der Waals surface area contributed by atoms with Gasteiger partial charge in [-0.2, -0.15) is 0 Å². The molecule has 0 aromatic carbocycles. The van der Waals surface area contributed by atoms with Crippen LogP contribution < -0.4 is 5.32 Å². The van der Waals surface area contributed by atoms with Crippen molar-refractivity contribution in [1.29, 1.82) is 0 Å². The Morgan fingerprint density at radius 3 is 3.13 bits per heavy atom. The molecule has 0 saturated heterocycles. The molecule has 2 nitrogen and oxygen atoms in total. The number of amidine groups is 1. The maximum absolute atomic E-state index is 4.46. The fourth-order valence-corrected chi connectivity index (χ4v) is 2.65. The number of nitrogens with zero attached hydrogens (tertiary/aromatic N) is 1. The van der Waals surface area contributed by atoms with Crippen LogP contribution in [0, 0.1) is 0 Å². The summed E-state index contributed by atoms with van der Waals surface area (Å²) in [6.07, 6.45) is 4.66. The molecule has 2 rings (SSSR count). The quantitative estimate of drug-likeness (QED) is 0.832. The topological polar surface area (TPSA) is 24.4 Å². The van der Waals surface area contributed by atoms with Crippen LogP contribution in [0.15, 0.2) is 22.5 Å². The number of aliphatic imine (C=N–C) groups is 1. The fourth-order valence-electron chi connectivity index (χ4n) is 1.86. The van der Waals surface area contributed by atoms with Crippen LogP contribution in [0.3, 0.4) is 0 Å². The first-order valence-electron chi connectivity index (χ1n) is 5.70. The summed E-state index contributed by atoms with van der Waals surface area (Å²) in [5.41, 5.74) is 0. The largest absolute Gasteiger partial charge is 0.371 e. The maximum atomic E-state index is 4.46. The number of rotatable bonds is 4. The zero-order valence-corrected chi connectivity index (χ0v) is 10.0. The molecule has 1 aromatic heterocycles. The van der Waals surface area contributed by atoms with E-state index in [2.05, 4.69) is 34.7 Å². The molecule has 1 aliphatic heterocycles. The third-order valence-electron chi connectivity index (χ3n) is 2.77. The lowest BCUT2D eigenvalue weighted by atomic mass is 10.1. The van der Waals surface area contributed by atoms with E-state index in [0.717, 1.165) is 25.8 Å². The molecule has 1 aliphatic rings. The minimum absolute atomic E-state index is 0.556. The van der Waals surface area contributed by atoms with Crippen molar-refractivity contribution in [1.82, 2.24) is 5.32 Å². The maximum Gasteiger partial charge on any atom is 0.0965 e. The van der Waals surface area contributed by atoms with Crippen molar-refractivity contribution in [2.75, 3.05) is 6.54 Å². The average Bonchev–Trinajstić information content (AvgIpc) is 2.89. The van der Waals surface area contributed by atoms with Gasteiger partial charge in [0.15, 0.2) is 0 Å². The van der Waals surface area contributed by atoms with Gasteiger partial charge in [0, 0.05) is 30.3 Å². The van der Waals surface area contributed by atoms with Gasteiger partial charge >= 0.3 is 0 Å². The van der Waals surface area contributed by atoms with Gasteiger partial charge in [-0.3, -0.25) is 4.99 Å². The summed E-state index contributed by atoms with van der Waals surface area (Å²) < 4.78 is 0. The molecule has 1 unspecified atom stereocenters. The van der Waals surface area contributed by atoms with Crippen molar-refractivity contribution in [3.63, 3.8) is 0 Å². The van der Waals surface area contributed by atoms with Crippen LogP contribution in [-0.4, -0.2) is 18.4 Å². The molecule has 0 saturated carbocycles. The normalized spacial score (nSPS) is 17.5. The van der Waals surface area contributed by atoms with Crippen LogP contribution in [0.4, 0.5) is 0 Å². The summed E-state index contributed by atoms with van der Waals surface area (Å²) in [7, 11) is 0. The lowest BCUT2D eigenvalue weighted by Gasteiger charge is -2.17. The van der Waals surface area contributed by atoms with Crippen molar-refractivity contribution in [3.8, 4) is 0 Å². The molecular formula is C12H18N2S.